The van der Waals surface area contributed by atoms with E-state index >= 15 is 0 Å². The fourth-order valence-electron chi connectivity index (χ4n) is 3.34. The van der Waals surface area contributed by atoms with Crippen molar-refractivity contribution in [3.63, 3.8) is 0 Å². The summed E-state index contributed by atoms with van der Waals surface area (Å²) in [5.74, 6) is 0. The molecule has 0 spiro atoms. The SMILES string of the molecule is CN1CCN(c2ccc([N+](=O)[O-])c(CCCc3ccccc3)c2)CC1. The van der Waals surface area contributed by atoms with Gasteiger partial charge in [0.1, 0.15) is 0 Å². The molecule has 132 valence electrons. The predicted octanol–water partition coefficient (Wildman–Crippen LogP) is 3.52. The van der Waals surface area contributed by atoms with E-state index in [2.05, 4.69) is 29.0 Å². The Balaban J connectivity index is 1.71. The van der Waals surface area contributed by atoms with E-state index in [1.807, 2.05) is 30.3 Å². The lowest BCUT2D eigenvalue weighted by molar-refractivity contribution is -0.385. The fraction of sp³-hybridized carbons (Fsp3) is 0.400. The molecule has 0 radical (unpaired) electrons. The number of hydrogen-bond acceptors (Lipinski definition) is 4. The molecule has 1 aliphatic rings. The van der Waals surface area contributed by atoms with Crippen molar-refractivity contribution in [1.82, 2.24) is 4.90 Å². The zero-order chi connectivity index (χ0) is 17.6. The molecule has 5 nitrogen and oxygen atoms in total. The van der Waals surface area contributed by atoms with Crippen LogP contribution in [0.15, 0.2) is 48.5 Å². The van der Waals surface area contributed by atoms with Crippen molar-refractivity contribution in [2.24, 2.45) is 0 Å². The molecule has 0 aromatic heterocycles. The van der Waals surface area contributed by atoms with Crippen molar-refractivity contribution >= 4 is 11.4 Å². The zero-order valence-electron chi connectivity index (χ0n) is 14.7. The molecule has 2 aromatic rings. The number of benzene rings is 2. The summed E-state index contributed by atoms with van der Waals surface area (Å²) in [7, 11) is 2.13. The van der Waals surface area contributed by atoms with E-state index in [9.17, 15) is 10.1 Å². The molecular formula is C20H25N3O2. The number of nitro groups is 1. The second kappa shape index (κ2) is 8.12. The fourth-order valence-corrected chi connectivity index (χ4v) is 3.34. The van der Waals surface area contributed by atoms with Crippen LogP contribution in [0.2, 0.25) is 0 Å². The van der Waals surface area contributed by atoms with Crippen LogP contribution >= 0.6 is 0 Å². The number of nitrogens with zero attached hydrogens (tertiary/aromatic N) is 3. The Morgan fingerprint density at radius 3 is 2.40 bits per heavy atom. The Kier molecular flexibility index (Phi) is 5.66. The van der Waals surface area contributed by atoms with Gasteiger partial charge in [-0.3, -0.25) is 10.1 Å². The molecule has 0 saturated carbocycles. The summed E-state index contributed by atoms with van der Waals surface area (Å²) in [6.07, 6.45) is 2.58. The van der Waals surface area contributed by atoms with Crippen molar-refractivity contribution in [2.75, 3.05) is 38.1 Å². The molecule has 1 fully saturated rings. The van der Waals surface area contributed by atoms with Gasteiger partial charge in [0.15, 0.2) is 0 Å². The van der Waals surface area contributed by atoms with E-state index in [1.165, 1.54) is 5.56 Å². The van der Waals surface area contributed by atoms with Gasteiger partial charge in [0, 0.05) is 43.5 Å². The summed E-state index contributed by atoms with van der Waals surface area (Å²) >= 11 is 0. The van der Waals surface area contributed by atoms with E-state index in [0.717, 1.165) is 56.7 Å². The second-order valence-electron chi connectivity index (χ2n) is 6.70. The summed E-state index contributed by atoms with van der Waals surface area (Å²) < 4.78 is 0. The monoisotopic (exact) mass is 339 g/mol. The minimum absolute atomic E-state index is 0.242. The lowest BCUT2D eigenvalue weighted by Gasteiger charge is -2.34. The molecule has 5 heteroatoms. The van der Waals surface area contributed by atoms with Gasteiger partial charge in [-0.05, 0) is 44.0 Å². The van der Waals surface area contributed by atoms with Crippen LogP contribution in [0.1, 0.15) is 17.5 Å². The zero-order valence-corrected chi connectivity index (χ0v) is 14.7. The summed E-state index contributed by atoms with van der Waals surface area (Å²) in [5.41, 5.74) is 3.47. The van der Waals surface area contributed by atoms with E-state index in [0.29, 0.717) is 0 Å². The van der Waals surface area contributed by atoms with E-state index < -0.39 is 0 Å². The van der Waals surface area contributed by atoms with Gasteiger partial charge in [0.05, 0.1) is 4.92 Å². The maximum absolute atomic E-state index is 11.4. The standard InChI is InChI=1S/C20H25N3O2/c1-21-12-14-22(15-13-21)19-10-11-20(23(24)25)18(16-19)9-5-8-17-6-3-2-4-7-17/h2-4,6-7,10-11,16H,5,8-9,12-15H2,1H3. The van der Waals surface area contributed by atoms with Crippen LogP contribution in [0.25, 0.3) is 0 Å². The van der Waals surface area contributed by atoms with Crippen LogP contribution in [0.5, 0.6) is 0 Å². The lowest BCUT2D eigenvalue weighted by Crippen LogP contribution is -2.44. The number of likely N-dealkylation sites (N-methyl/N-ethyl adjacent to an activating group) is 1. The van der Waals surface area contributed by atoms with Crippen LogP contribution in [0, 0.1) is 10.1 Å². The van der Waals surface area contributed by atoms with E-state index in [1.54, 1.807) is 6.07 Å². The minimum atomic E-state index is -0.258. The Labute approximate surface area is 149 Å². The molecule has 1 heterocycles. The molecular weight excluding hydrogens is 314 g/mol. The van der Waals surface area contributed by atoms with Crippen LogP contribution in [0.3, 0.4) is 0 Å². The number of anilines is 1. The van der Waals surface area contributed by atoms with Crippen molar-refractivity contribution in [3.8, 4) is 0 Å². The highest BCUT2D eigenvalue weighted by Gasteiger charge is 2.19. The number of rotatable bonds is 6. The molecule has 0 unspecified atom stereocenters. The van der Waals surface area contributed by atoms with Crippen LogP contribution in [-0.4, -0.2) is 43.0 Å². The van der Waals surface area contributed by atoms with Gasteiger partial charge in [-0.2, -0.15) is 0 Å². The third kappa shape index (κ3) is 4.57. The third-order valence-electron chi connectivity index (χ3n) is 4.88. The van der Waals surface area contributed by atoms with Gasteiger partial charge in [-0.25, -0.2) is 0 Å². The van der Waals surface area contributed by atoms with Gasteiger partial charge in [-0.1, -0.05) is 30.3 Å². The highest BCUT2D eigenvalue weighted by atomic mass is 16.6. The molecule has 0 amide bonds. The Morgan fingerprint density at radius 2 is 1.72 bits per heavy atom. The van der Waals surface area contributed by atoms with E-state index in [-0.39, 0.29) is 10.6 Å². The highest BCUT2D eigenvalue weighted by Crippen LogP contribution is 2.27. The maximum atomic E-state index is 11.4. The van der Waals surface area contributed by atoms with Crippen LogP contribution in [-0.2, 0) is 12.8 Å². The quantitative estimate of drug-likeness (QED) is 0.597. The minimum Gasteiger partial charge on any atom is -0.369 e. The smallest absolute Gasteiger partial charge is 0.272 e. The molecule has 0 aliphatic carbocycles. The Morgan fingerprint density at radius 1 is 1.00 bits per heavy atom. The summed E-state index contributed by atoms with van der Waals surface area (Å²) in [4.78, 5) is 15.7. The molecule has 25 heavy (non-hydrogen) atoms. The van der Waals surface area contributed by atoms with Crippen molar-refractivity contribution in [1.29, 1.82) is 0 Å². The van der Waals surface area contributed by atoms with Gasteiger partial charge in [0.25, 0.3) is 5.69 Å². The van der Waals surface area contributed by atoms with E-state index in [4.69, 9.17) is 0 Å². The van der Waals surface area contributed by atoms with Crippen LogP contribution in [0.4, 0.5) is 11.4 Å². The lowest BCUT2D eigenvalue weighted by atomic mass is 10.0. The van der Waals surface area contributed by atoms with Crippen molar-refractivity contribution in [3.05, 3.63) is 69.8 Å². The number of aryl methyl sites for hydroxylation is 2. The van der Waals surface area contributed by atoms with Crippen molar-refractivity contribution in [2.45, 2.75) is 19.3 Å². The molecule has 3 rings (SSSR count). The van der Waals surface area contributed by atoms with Crippen molar-refractivity contribution < 1.29 is 4.92 Å². The third-order valence-corrected chi connectivity index (χ3v) is 4.88. The molecule has 1 saturated heterocycles. The van der Waals surface area contributed by atoms with Gasteiger partial charge in [-0.15, -0.1) is 0 Å². The van der Waals surface area contributed by atoms with Gasteiger partial charge in [0.2, 0.25) is 0 Å². The average molecular weight is 339 g/mol. The average Bonchev–Trinajstić information content (AvgIpc) is 2.63. The number of hydrogen-bond donors (Lipinski definition) is 0. The topological polar surface area (TPSA) is 49.6 Å². The molecule has 0 bridgehead atoms. The molecule has 2 aromatic carbocycles. The first kappa shape index (κ1) is 17.4. The van der Waals surface area contributed by atoms with Crippen LogP contribution < -0.4 is 4.90 Å². The summed E-state index contributed by atoms with van der Waals surface area (Å²) in [5, 5.41) is 11.4. The first-order valence-electron chi connectivity index (χ1n) is 8.88. The Hall–Kier alpha value is -2.40. The molecule has 0 atom stereocenters. The predicted molar refractivity (Wildman–Crippen MR) is 101 cm³/mol. The van der Waals surface area contributed by atoms with Gasteiger partial charge >= 0.3 is 0 Å². The summed E-state index contributed by atoms with van der Waals surface area (Å²) in [6, 6.07) is 15.9. The Bertz CT molecular complexity index is 710. The van der Waals surface area contributed by atoms with Gasteiger partial charge < -0.3 is 9.80 Å². The highest BCUT2D eigenvalue weighted by molar-refractivity contribution is 5.56. The largest absolute Gasteiger partial charge is 0.369 e. The first-order chi connectivity index (χ1) is 12.1. The summed E-state index contributed by atoms with van der Waals surface area (Å²) in [6.45, 7) is 4.00. The normalized spacial score (nSPS) is 15.3. The molecule has 0 N–H and O–H groups in total. The second-order valence-corrected chi connectivity index (χ2v) is 6.70. The first-order valence-corrected chi connectivity index (χ1v) is 8.88. The molecule has 1 aliphatic heterocycles. The number of nitro benzene ring substituents is 1. The number of piperazine rings is 1. The maximum Gasteiger partial charge on any atom is 0.272 e.